The van der Waals surface area contributed by atoms with Crippen molar-refractivity contribution in [2.75, 3.05) is 11.1 Å². The number of carbonyl (C=O) groups is 1. The van der Waals surface area contributed by atoms with Crippen LogP contribution in [0.5, 0.6) is 0 Å². The third-order valence-electron chi connectivity index (χ3n) is 2.42. The second-order valence-corrected chi connectivity index (χ2v) is 3.83. The van der Waals surface area contributed by atoms with Crippen LogP contribution in [0.4, 0.5) is 5.69 Å². The van der Waals surface area contributed by atoms with Gasteiger partial charge in [0, 0.05) is 11.4 Å². The molecular formula is C11H15NO2S. The lowest BCUT2D eigenvalue weighted by molar-refractivity contribution is -0.137. The predicted molar refractivity (Wildman–Crippen MR) is 64.8 cm³/mol. The first-order valence-electron chi connectivity index (χ1n) is 4.72. The quantitative estimate of drug-likeness (QED) is 0.688. The van der Waals surface area contributed by atoms with E-state index in [-0.39, 0.29) is 5.75 Å². The van der Waals surface area contributed by atoms with E-state index >= 15 is 0 Å². The first kappa shape index (κ1) is 11.9. The highest BCUT2D eigenvalue weighted by Crippen LogP contribution is 2.19. The molecule has 4 heteroatoms. The fourth-order valence-electron chi connectivity index (χ4n) is 1.28. The van der Waals surface area contributed by atoms with Crippen LogP contribution in [0.15, 0.2) is 18.2 Å². The Morgan fingerprint density at radius 2 is 2.20 bits per heavy atom. The highest BCUT2D eigenvalue weighted by atomic mass is 32.1. The average Bonchev–Trinajstić information content (AvgIpc) is 2.19. The van der Waals surface area contributed by atoms with E-state index in [1.54, 1.807) is 0 Å². The highest BCUT2D eigenvalue weighted by Gasteiger charge is 2.15. The minimum atomic E-state index is -0.883. The molecule has 15 heavy (non-hydrogen) atoms. The molecule has 0 aromatic heterocycles. The molecule has 0 saturated heterocycles. The van der Waals surface area contributed by atoms with Crippen molar-refractivity contribution in [2.45, 2.75) is 19.9 Å². The molecule has 0 amide bonds. The lowest BCUT2D eigenvalue weighted by Crippen LogP contribution is -2.31. The summed E-state index contributed by atoms with van der Waals surface area (Å²) in [5.41, 5.74) is 3.07. The van der Waals surface area contributed by atoms with Gasteiger partial charge in [0.1, 0.15) is 6.04 Å². The Labute approximate surface area is 94.9 Å². The molecule has 1 aromatic rings. The molecule has 3 nitrogen and oxygen atoms in total. The number of nitrogens with one attached hydrogen (secondary N) is 1. The molecule has 0 bridgehead atoms. The van der Waals surface area contributed by atoms with Crippen LogP contribution in [0.1, 0.15) is 11.1 Å². The van der Waals surface area contributed by atoms with Crippen LogP contribution in [0, 0.1) is 13.8 Å². The van der Waals surface area contributed by atoms with Gasteiger partial charge in [0.15, 0.2) is 0 Å². The van der Waals surface area contributed by atoms with Crippen molar-refractivity contribution in [2.24, 2.45) is 0 Å². The van der Waals surface area contributed by atoms with Crippen LogP contribution in [0.25, 0.3) is 0 Å². The number of anilines is 1. The number of aryl methyl sites for hydroxylation is 1. The molecule has 0 heterocycles. The molecule has 0 spiro atoms. The van der Waals surface area contributed by atoms with E-state index in [1.807, 2.05) is 32.0 Å². The van der Waals surface area contributed by atoms with E-state index in [0.717, 1.165) is 16.8 Å². The minimum absolute atomic E-state index is 0.267. The molecule has 0 fully saturated rings. The second-order valence-electron chi connectivity index (χ2n) is 3.47. The van der Waals surface area contributed by atoms with Gasteiger partial charge in [0.2, 0.25) is 0 Å². The third-order valence-corrected chi connectivity index (χ3v) is 2.78. The molecule has 1 aromatic carbocycles. The monoisotopic (exact) mass is 225 g/mol. The van der Waals surface area contributed by atoms with Crippen molar-refractivity contribution in [3.8, 4) is 0 Å². The van der Waals surface area contributed by atoms with Gasteiger partial charge in [-0.05, 0) is 31.0 Å². The minimum Gasteiger partial charge on any atom is -0.480 e. The normalized spacial score (nSPS) is 12.2. The summed E-state index contributed by atoms with van der Waals surface area (Å²) in [5, 5.41) is 11.8. The SMILES string of the molecule is Cc1cccc(NC(CS)C(=O)O)c1C. The molecule has 0 aliphatic heterocycles. The van der Waals surface area contributed by atoms with Gasteiger partial charge in [0.25, 0.3) is 0 Å². The van der Waals surface area contributed by atoms with Gasteiger partial charge in [-0.3, -0.25) is 0 Å². The fourth-order valence-corrected chi connectivity index (χ4v) is 1.53. The number of thiol groups is 1. The zero-order valence-corrected chi connectivity index (χ0v) is 9.71. The predicted octanol–water partition coefficient (Wildman–Crippen LogP) is 2.10. The molecule has 0 aliphatic carbocycles. The first-order chi connectivity index (χ1) is 7.06. The summed E-state index contributed by atoms with van der Waals surface area (Å²) < 4.78 is 0. The zero-order valence-electron chi connectivity index (χ0n) is 8.82. The van der Waals surface area contributed by atoms with Gasteiger partial charge < -0.3 is 10.4 Å². The zero-order chi connectivity index (χ0) is 11.4. The number of aliphatic carboxylic acids is 1. The summed E-state index contributed by atoms with van der Waals surface area (Å²) >= 11 is 4.00. The van der Waals surface area contributed by atoms with E-state index in [2.05, 4.69) is 17.9 Å². The lowest BCUT2D eigenvalue weighted by Gasteiger charge is -2.16. The van der Waals surface area contributed by atoms with Gasteiger partial charge in [-0.25, -0.2) is 4.79 Å². The van der Waals surface area contributed by atoms with Crippen molar-refractivity contribution in [1.29, 1.82) is 0 Å². The molecule has 2 N–H and O–H groups in total. The maximum atomic E-state index is 10.8. The number of carboxylic acid groups (broad SMARTS) is 1. The van der Waals surface area contributed by atoms with E-state index in [0.29, 0.717) is 0 Å². The largest absolute Gasteiger partial charge is 0.480 e. The van der Waals surface area contributed by atoms with Crippen LogP contribution < -0.4 is 5.32 Å². The smallest absolute Gasteiger partial charge is 0.326 e. The summed E-state index contributed by atoms with van der Waals surface area (Å²) in [7, 11) is 0. The maximum absolute atomic E-state index is 10.8. The van der Waals surface area contributed by atoms with E-state index in [9.17, 15) is 4.79 Å². The van der Waals surface area contributed by atoms with Crippen LogP contribution >= 0.6 is 12.6 Å². The van der Waals surface area contributed by atoms with Gasteiger partial charge in [-0.1, -0.05) is 12.1 Å². The number of benzene rings is 1. The molecule has 1 atom stereocenters. The van der Waals surface area contributed by atoms with E-state index in [4.69, 9.17) is 5.11 Å². The standard InChI is InChI=1S/C11H15NO2S/c1-7-4-3-5-9(8(7)2)12-10(6-15)11(13)14/h3-5,10,12,15H,6H2,1-2H3,(H,13,14). The average molecular weight is 225 g/mol. The van der Waals surface area contributed by atoms with Crippen LogP contribution in [-0.2, 0) is 4.79 Å². The second kappa shape index (κ2) is 5.07. The summed E-state index contributed by atoms with van der Waals surface area (Å²) in [6.07, 6.45) is 0. The van der Waals surface area contributed by atoms with Crippen molar-refractivity contribution < 1.29 is 9.90 Å². The van der Waals surface area contributed by atoms with Gasteiger partial charge in [0.05, 0.1) is 0 Å². The fraction of sp³-hybridized carbons (Fsp3) is 0.364. The van der Waals surface area contributed by atoms with Gasteiger partial charge in [-0.2, -0.15) is 12.6 Å². The third kappa shape index (κ3) is 2.89. The van der Waals surface area contributed by atoms with E-state index in [1.165, 1.54) is 0 Å². The molecule has 0 aliphatic rings. The van der Waals surface area contributed by atoms with Gasteiger partial charge in [-0.15, -0.1) is 0 Å². The number of rotatable bonds is 4. The van der Waals surface area contributed by atoms with Crippen molar-refractivity contribution in [1.82, 2.24) is 0 Å². The van der Waals surface area contributed by atoms with Crippen molar-refractivity contribution in [3.63, 3.8) is 0 Å². The number of hydrogen-bond acceptors (Lipinski definition) is 3. The molecule has 0 radical (unpaired) electrons. The van der Waals surface area contributed by atoms with Crippen LogP contribution in [0.3, 0.4) is 0 Å². The Bertz CT molecular complexity index is 366. The highest BCUT2D eigenvalue weighted by molar-refractivity contribution is 7.80. The Balaban J connectivity index is 2.88. The summed E-state index contributed by atoms with van der Waals surface area (Å²) in [5.74, 6) is -0.617. The summed E-state index contributed by atoms with van der Waals surface area (Å²) in [6, 6.07) is 5.13. The summed E-state index contributed by atoms with van der Waals surface area (Å²) in [6.45, 7) is 3.96. The van der Waals surface area contributed by atoms with Crippen molar-refractivity contribution >= 4 is 24.3 Å². The Kier molecular flexibility index (Phi) is 4.03. The molecular weight excluding hydrogens is 210 g/mol. The van der Waals surface area contributed by atoms with Crippen LogP contribution in [0.2, 0.25) is 0 Å². The van der Waals surface area contributed by atoms with E-state index < -0.39 is 12.0 Å². The number of carboxylic acids is 1. The molecule has 1 rings (SSSR count). The van der Waals surface area contributed by atoms with Crippen LogP contribution in [-0.4, -0.2) is 22.9 Å². The first-order valence-corrected chi connectivity index (χ1v) is 5.36. The maximum Gasteiger partial charge on any atom is 0.326 e. The summed E-state index contributed by atoms with van der Waals surface area (Å²) in [4.78, 5) is 10.8. The topological polar surface area (TPSA) is 49.3 Å². The Morgan fingerprint density at radius 1 is 1.53 bits per heavy atom. The molecule has 0 saturated carbocycles. The molecule has 82 valence electrons. The Morgan fingerprint density at radius 3 is 2.73 bits per heavy atom. The Hall–Kier alpha value is -1.16. The number of hydrogen-bond donors (Lipinski definition) is 3. The molecule has 1 unspecified atom stereocenters. The van der Waals surface area contributed by atoms with Crippen molar-refractivity contribution in [3.05, 3.63) is 29.3 Å². The van der Waals surface area contributed by atoms with Gasteiger partial charge >= 0.3 is 5.97 Å². The lowest BCUT2D eigenvalue weighted by atomic mass is 10.1.